The van der Waals surface area contributed by atoms with Gasteiger partial charge in [0.05, 0.1) is 0 Å². The number of phenols is 5. The van der Waals surface area contributed by atoms with Crippen LogP contribution in [0.3, 0.4) is 0 Å². The predicted molar refractivity (Wildman–Crippen MR) is 179 cm³/mol. The molecule has 0 radical (unpaired) electrons. The maximum atomic E-state index is 12.0. The molecule has 0 spiro atoms. The van der Waals surface area contributed by atoms with Crippen LogP contribution in [0.4, 0.5) is 0 Å². The molecule has 0 aliphatic carbocycles. The molecule has 5 rings (SSSR count). The van der Waals surface area contributed by atoms with Crippen LogP contribution in [-0.4, -0.2) is 25.5 Å². The van der Waals surface area contributed by atoms with Gasteiger partial charge < -0.3 is 25.5 Å². The molecule has 5 heteroatoms. The Kier molecular flexibility index (Phi) is 7.63. The Balaban J connectivity index is 1.81. The molecule has 0 bridgehead atoms. The minimum Gasteiger partial charge on any atom is -0.507 e. The van der Waals surface area contributed by atoms with Crippen molar-refractivity contribution in [3.63, 3.8) is 0 Å². The fourth-order valence-electron chi connectivity index (χ4n) is 6.51. The zero-order chi connectivity index (χ0) is 32.4. The molecule has 0 saturated heterocycles. The first-order valence-electron chi connectivity index (χ1n) is 14.7. The average molecular weight is 589 g/mol. The second-order valence-corrected chi connectivity index (χ2v) is 12.3. The van der Waals surface area contributed by atoms with Gasteiger partial charge in [-0.15, -0.1) is 0 Å². The molecule has 5 aromatic carbocycles. The highest BCUT2D eigenvalue weighted by molar-refractivity contribution is 5.93. The zero-order valence-electron chi connectivity index (χ0n) is 26.9. The van der Waals surface area contributed by atoms with E-state index in [-0.39, 0.29) is 28.7 Å². The van der Waals surface area contributed by atoms with Crippen LogP contribution in [0.15, 0.2) is 48.5 Å². The highest BCUT2D eigenvalue weighted by Gasteiger charge is 2.25. The van der Waals surface area contributed by atoms with Gasteiger partial charge in [-0.05, 0) is 160 Å². The maximum absolute atomic E-state index is 12.0. The number of benzene rings is 5. The molecule has 0 unspecified atom stereocenters. The second kappa shape index (κ2) is 11.0. The van der Waals surface area contributed by atoms with Gasteiger partial charge in [0.2, 0.25) is 0 Å². The first kappa shape index (κ1) is 30.6. The predicted octanol–water partition coefficient (Wildman–Crippen LogP) is 9.66. The number of rotatable bonds is 4. The lowest BCUT2D eigenvalue weighted by Gasteiger charge is -2.22. The first-order chi connectivity index (χ1) is 20.6. The normalized spacial score (nSPS) is 11.3. The van der Waals surface area contributed by atoms with Crippen molar-refractivity contribution >= 4 is 0 Å². The van der Waals surface area contributed by atoms with Gasteiger partial charge in [-0.2, -0.15) is 0 Å². The van der Waals surface area contributed by atoms with Crippen LogP contribution in [0.2, 0.25) is 0 Å². The molecule has 5 N–H and O–H groups in total. The number of aryl methyl sites for hydroxylation is 7. The number of hydrogen-bond donors (Lipinski definition) is 5. The van der Waals surface area contributed by atoms with E-state index < -0.39 is 0 Å². The van der Waals surface area contributed by atoms with Crippen molar-refractivity contribution in [1.82, 2.24) is 0 Å². The van der Waals surface area contributed by atoms with Gasteiger partial charge in [-0.1, -0.05) is 12.1 Å². The third-order valence-corrected chi connectivity index (χ3v) is 8.76. The summed E-state index contributed by atoms with van der Waals surface area (Å²) in [6.45, 7) is 16.9. The lowest BCUT2D eigenvalue weighted by molar-refractivity contribution is 0.464. The molecule has 0 aliphatic rings. The van der Waals surface area contributed by atoms with Crippen LogP contribution in [-0.2, 0) is 0 Å². The van der Waals surface area contributed by atoms with Gasteiger partial charge >= 0.3 is 0 Å². The van der Waals surface area contributed by atoms with Crippen molar-refractivity contribution < 1.29 is 25.5 Å². The zero-order valence-corrected chi connectivity index (χ0v) is 26.9. The summed E-state index contributed by atoms with van der Waals surface area (Å²) >= 11 is 0. The SMILES string of the molecule is Cc1cc(C)c(O)c(-c2c(C)c(-c3cc(C)cc(-c4cc(C)c(O)c(-c5cc(C)cc(C)c5O)c4C)c3O)cc(C)c2O)c1. The third-order valence-electron chi connectivity index (χ3n) is 8.76. The smallest absolute Gasteiger partial charge is 0.131 e. The van der Waals surface area contributed by atoms with Gasteiger partial charge in [-0.25, -0.2) is 0 Å². The minimum atomic E-state index is 0.0585. The van der Waals surface area contributed by atoms with Crippen LogP contribution in [0, 0.1) is 62.3 Å². The average Bonchev–Trinajstić information content (AvgIpc) is 2.95. The molecular weight excluding hydrogens is 548 g/mol. The molecule has 44 heavy (non-hydrogen) atoms. The molecular formula is C39H40O5. The van der Waals surface area contributed by atoms with Gasteiger partial charge in [0.15, 0.2) is 0 Å². The van der Waals surface area contributed by atoms with Gasteiger partial charge in [-0.3, -0.25) is 0 Å². The first-order valence-corrected chi connectivity index (χ1v) is 14.7. The van der Waals surface area contributed by atoms with Crippen molar-refractivity contribution in [2.45, 2.75) is 62.3 Å². The maximum Gasteiger partial charge on any atom is 0.131 e. The van der Waals surface area contributed by atoms with Crippen LogP contribution in [0.25, 0.3) is 44.5 Å². The molecule has 226 valence electrons. The van der Waals surface area contributed by atoms with Crippen LogP contribution < -0.4 is 0 Å². The van der Waals surface area contributed by atoms with Crippen molar-refractivity contribution in [3.8, 4) is 73.3 Å². The fourth-order valence-corrected chi connectivity index (χ4v) is 6.51. The van der Waals surface area contributed by atoms with E-state index in [2.05, 4.69) is 0 Å². The summed E-state index contributed by atoms with van der Waals surface area (Å²) in [6, 6.07) is 15.1. The molecule has 0 aromatic heterocycles. The molecule has 5 aromatic rings. The standard InChI is InChI=1S/C39H40O5/c1-18-10-21(4)35(40)31(14-18)33-25(8)27(16-23(6)37(33)42)29-12-20(3)13-30(39(29)44)28-17-24(7)38(43)34(26(28)9)32-15-19(2)11-22(5)36(32)41/h10-17,40-44H,1-9H3. The van der Waals surface area contributed by atoms with E-state index in [4.69, 9.17) is 0 Å². The van der Waals surface area contributed by atoms with Crippen molar-refractivity contribution in [2.75, 3.05) is 0 Å². The summed E-state index contributed by atoms with van der Waals surface area (Å²) in [5.74, 6) is 0.445. The molecule has 0 atom stereocenters. The quantitative estimate of drug-likeness (QED) is 0.144. The van der Waals surface area contributed by atoms with E-state index in [0.29, 0.717) is 55.6 Å². The lowest BCUT2D eigenvalue weighted by Crippen LogP contribution is -1.97. The number of hydrogen-bond acceptors (Lipinski definition) is 5. The summed E-state index contributed by atoms with van der Waals surface area (Å²) in [5, 5.41) is 56.5. The van der Waals surface area contributed by atoms with Crippen LogP contribution in [0.5, 0.6) is 28.7 Å². The summed E-state index contributed by atoms with van der Waals surface area (Å²) < 4.78 is 0. The summed E-state index contributed by atoms with van der Waals surface area (Å²) in [5.41, 5.74) is 11.7. The topological polar surface area (TPSA) is 101 Å². The van der Waals surface area contributed by atoms with Crippen molar-refractivity contribution in [3.05, 3.63) is 98.6 Å². The lowest BCUT2D eigenvalue weighted by atomic mass is 9.84. The summed E-state index contributed by atoms with van der Waals surface area (Å²) in [7, 11) is 0. The largest absolute Gasteiger partial charge is 0.507 e. The number of phenolic OH excluding ortho intramolecular Hbond substituents is 5. The second-order valence-electron chi connectivity index (χ2n) is 12.3. The molecule has 0 saturated carbocycles. The molecule has 5 nitrogen and oxygen atoms in total. The minimum absolute atomic E-state index is 0.0585. The molecule has 0 fully saturated rings. The Morgan fingerprint density at radius 2 is 0.591 bits per heavy atom. The highest BCUT2D eigenvalue weighted by atomic mass is 16.3. The molecule has 0 aliphatic heterocycles. The Morgan fingerprint density at radius 3 is 0.955 bits per heavy atom. The Morgan fingerprint density at radius 1 is 0.295 bits per heavy atom. The summed E-state index contributed by atoms with van der Waals surface area (Å²) in [4.78, 5) is 0. The fraction of sp³-hybridized carbons (Fsp3) is 0.231. The van der Waals surface area contributed by atoms with Gasteiger partial charge in [0.1, 0.15) is 28.7 Å². The van der Waals surface area contributed by atoms with Gasteiger partial charge in [0, 0.05) is 33.4 Å². The summed E-state index contributed by atoms with van der Waals surface area (Å²) in [6.07, 6.45) is 0. The van der Waals surface area contributed by atoms with Crippen molar-refractivity contribution in [1.29, 1.82) is 0 Å². The monoisotopic (exact) mass is 588 g/mol. The number of aromatic hydroxyl groups is 5. The van der Waals surface area contributed by atoms with Crippen LogP contribution >= 0.6 is 0 Å². The Labute approximate surface area is 259 Å². The van der Waals surface area contributed by atoms with Crippen LogP contribution in [0.1, 0.15) is 50.1 Å². The Hall–Kier alpha value is -4.90. The van der Waals surface area contributed by atoms with E-state index in [1.165, 1.54) is 0 Å². The molecule has 0 amide bonds. The van der Waals surface area contributed by atoms with E-state index in [0.717, 1.165) is 38.9 Å². The van der Waals surface area contributed by atoms with E-state index in [9.17, 15) is 25.5 Å². The van der Waals surface area contributed by atoms with Gasteiger partial charge in [0.25, 0.3) is 0 Å². The van der Waals surface area contributed by atoms with E-state index >= 15 is 0 Å². The van der Waals surface area contributed by atoms with E-state index in [1.54, 1.807) is 0 Å². The Bertz CT molecular complexity index is 1860. The third kappa shape index (κ3) is 4.92. The van der Waals surface area contributed by atoms with Crippen molar-refractivity contribution in [2.24, 2.45) is 0 Å². The highest BCUT2D eigenvalue weighted by Crippen LogP contribution is 2.50. The van der Waals surface area contributed by atoms with E-state index in [1.807, 2.05) is 111 Å². The molecule has 0 heterocycles.